The minimum atomic E-state index is 0.335. The number of hydrogen-bond donors (Lipinski definition) is 2. The van der Waals surface area contributed by atoms with Gasteiger partial charge in [0.15, 0.2) is 0 Å². The minimum absolute atomic E-state index is 0.335. The molecule has 1 heterocycles. The van der Waals surface area contributed by atoms with Crippen LogP contribution in [0.5, 0.6) is 0 Å². The lowest BCUT2D eigenvalue weighted by molar-refractivity contribution is 0.192. The van der Waals surface area contributed by atoms with Crippen molar-refractivity contribution in [2.24, 2.45) is 18.9 Å². The van der Waals surface area contributed by atoms with Gasteiger partial charge in [0.2, 0.25) is 0 Å². The van der Waals surface area contributed by atoms with Crippen LogP contribution in [0, 0.1) is 11.8 Å². The SMILES string of the molecule is CCc1nn(C)c(CNCC2CCCC2CO)c1Br. The molecule has 19 heavy (non-hydrogen) atoms. The molecule has 0 bridgehead atoms. The Hall–Kier alpha value is -0.390. The molecule has 2 rings (SSSR count). The van der Waals surface area contributed by atoms with Crippen molar-refractivity contribution in [3.63, 3.8) is 0 Å². The Kier molecular flexibility index (Phi) is 5.42. The zero-order valence-electron chi connectivity index (χ0n) is 11.8. The van der Waals surface area contributed by atoms with Gasteiger partial charge in [-0.1, -0.05) is 13.3 Å². The van der Waals surface area contributed by atoms with Crippen molar-refractivity contribution in [2.75, 3.05) is 13.2 Å². The molecule has 0 amide bonds. The Morgan fingerprint density at radius 1 is 1.42 bits per heavy atom. The summed E-state index contributed by atoms with van der Waals surface area (Å²) in [7, 11) is 1.99. The van der Waals surface area contributed by atoms with Crippen molar-refractivity contribution < 1.29 is 5.11 Å². The molecule has 2 unspecified atom stereocenters. The Morgan fingerprint density at radius 2 is 2.16 bits per heavy atom. The molecule has 0 aromatic carbocycles. The highest BCUT2D eigenvalue weighted by atomic mass is 79.9. The van der Waals surface area contributed by atoms with Gasteiger partial charge < -0.3 is 10.4 Å². The van der Waals surface area contributed by atoms with Crippen molar-refractivity contribution in [1.29, 1.82) is 0 Å². The monoisotopic (exact) mass is 329 g/mol. The summed E-state index contributed by atoms with van der Waals surface area (Å²) in [6.45, 7) is 4.28. The van der Waals surface area contributed by atoms with Crippen molar-refractivity contribution in [1.82, 2.24) is 15.1 Å². The van der Waals surface area contributed by atoms with Gasteiger partial charge in [0.05, 0.1) is 15.9 Å². The lowest BCUT2D eigenvalue weighted by atomic mass is 9.97. The maximum absolute atomic E-state index is 9.33. The van der Waals surface area contributed by atoms with Gasteiger partial charge in [0.25, 0.3) is 0 Å². The van der Waals surface area contributed by atoms with Gasteiger partial charge in [-0.05, 0) is 53.6 Å². The average molecular weight is 330 g/mol. The van der Waals surface area contributed by atoms with E-state index in [4.69, 9.17) is 0 Å². The van der Waals surface area contributed by atoms with Crippen molar-refractivity contribution in [3.05, 3.63) is 15.9 Å². The molecule has 1 fully saturated rings. The van der Waals surface area contributed by atoms with Crippen molar-refractivity contribution in [2.45, 2.75) is 39.2 Å². The smallest absolute Gasteiger partial charge is 0.0767 e. The maximum atomic E-state index is 9.33. The van der Waals surface area contributed by atoms with E-state index in [9.17, 15) is 5.11 Å². The number of aliphatic hydroxyl groups excluding tert-OH is 1. The van der Waals surface area contributed by atoms with E-state index in [2.05, 4.69) is 33.3 Å². The van der Waals surface area contributed by atoms with Crippen LogP contribution in [0.3, 0.4) is 0 Å². The van der Waals surface area contributed by atoms with Gasteiger partial charge in [-0.25, -0.2) is 0 Å². The normalized spacial score (nSPS) is 23.2. The number of aryl methyl sites for hydroxylation is 2. The summed E-state index contributed by atoms with van der Waals surface area (Å²) in [6.07, 6.45) is 4.62. The third-order valence-electron chi connectivity index (χ3n) is 4.25. The van der Waals surface area contributed by atoms with Gasteiger partial charge in [-0.2, -0.15) is 5.10 Å². The molecular weight excluding hydrogens is 306 g/mol. The Balaban J connectivity index is 1.87. The third-order valence-corrected chi connectivity index (χ3v) is 5.17. The molecule has 0 radical (unpaired) electrons. The molecule has 1 saturated carbocycles. The molecule has 0 aliphatic heterocycles. The fraction of sp³-hybridized carbons (Fsp3) is 0.786. The summed E-state index contributed by atoms with van der Waals surface area (Å²) in [5.74, 6) is 1.12. The van der Waals surface area contributed by atoms with E-state index >= 15 is 0 Å². The third kappa shape index (κ3) is 3.38. The van der Waals surface area contributed by atoms with Crippen LogP contribution in [0.4, 0.5) is 0 Å². The Labute approximate surface area is 123 Å². The summed E-state index contributed by atoms with van der Waals surface area (Å²) < 4.78 is 3.09. The first-order chi connectivity index (χ1) is 9.17. The van der Waals surface area contributed by atoms with Crippen molar-refractivity contribution >= 4 is 15.9 Å². The molecule has 2 atom stereocenters. The summed E-state index contributed by atoms with van der Waals surface area (Å²) in [5.41, 5.74) is 2.32. The largest absolute Gasteiger partial charge is 0.396 e. The van der Waals surface area contributed by atoms with Gasteiger partial charge in [-0.3, -0.25) is 4.68 Å². The molecule has 0 saturated heterocycles. The number of aromatic nitrogens is 2. The predicted molar refractivity (Wildman–Crippen MR) is 79.9 cm³/mol. The summed E-state index contributed by atoms with van der Waals surface area (Å²) >= 11 is 3.64. The molecule has 1 aliphatic carbocycles. The van der Waals surface area contributed by atoms with Crippen LogP contribution in [0.15, 0.2) is 4.47 Å². The Bertz CT molecular complexity index is 419. The fourth-order valence-corrected chi connectivity index (χ4v) is 3.77. The number of aliphatic hydroxyl groups is 1. The first-order valence-electron chi connectivity index (χ1n) is 7.19. The van der Waals surface area contributed by atoms with Crippen LogP contribution < -0.4 is 5.32 Å². The highest BCUT2D eigenvalue weighted by Crippen LogP contribution is 2.30. The number of nitrogens with one attached hydrogen (secondary N) is 1. The van der Waals surface area contributed by atoms with Crippen LogP contribution in [-0.2, 0) is 20.0 Å². The molecule has 4 nitrogen and oxygen atoms in total. The minimum Gasteiger partial charge on any atom is -0.396 e. The molecule has 5 heteroatoms. The van der Waals surface area contributed by atoms with Crippen LogP contribution in [0.2, 0.25) is 0 Å². The predicted octanol–water partition coefficient (Wildman–Crippen LogP) is 2.24. The van der Waals surface area contributed by atoms with Crippen LogP contribution in [0.25, 0.3) is 0 Å². The zero-order valence-corrected chi connectivity index (χ0v) is 13.4. The number of rotatable bonds is 6. The molecule has 1 aromatic rings. The lowest BCUT2D eigenvalue weighted by Gasteiger charge is -2.17. The number of hydrogen-bond acceptors (Lipinski definition) is 3. The molecule has 1 aliphatic rings. The van der Waals surface area contributed by atoms with E-state index in [1.165, 1.54) is 25.0 Å². The van der Waals surface area contributed by atoms with E-state index in [-0.39, 0.29) is 0 Å². The summed E-state index contributed by atoms with van der Waals surface area (Å²) in [6, 6.07) is 0. The topological polar surface area (TPSA) is 50.1 Å². The van der Waals surface area contributed by atoms with E-state index in [1.54, 1.807) is 0 Å². The quantitative estimate of drug-likeness (QED) is 0.841. The first-order valence-corrected chi connectivity index (χ1v) is 7.98. The number of nitrogens with zero attached hydrogens (tertiary/aromatic N) is 2. The average Bonchev–Trinajstić information content (AvgIpc) is 2.96. The van der Waals surface area contributed by atoms with Gasteiger partial charge in [-0.15, -0.1) is 0 Å². The highest BCUT2D eigenvalue weighted by molar-refractivity contribution is 9.10. The highest BCUT2D eigenvalue weighted by Gasteiger charge is 2.26. The second kappa shape index (κ2) is 6.86. The van der Waals surface area contributed by atoms with Crippen LogP contribution >= 0.6 is 15.9 Å². The van der Waals surface area contributed by atoms with Crippen molar-refractivity contribution in [3.8, 4) is 0 Å². The maximum Gasteiger partial charge on any atom is 0.0767 e. The van der Waals surface area contributed by atoms with Gasteiger partial charge in [0, 0.05) is 20.2 Å². The molecule has 108 valence electrons. The zero-order chi connectivity index (χ0) is 13.8. The van der Waals surface area contributed by atoms with Gasteiger partial charge in [0.1, 0.15) is 0 Å². The van der Waals surface area contributed by atoms with Crippen LogP contribution in [0.1, 0.15) is 37.6 Å². The van der Waals surface area contributed by atoms with E-state index < -0.39 is 0 Å². The van der Waals surface area contributed by atoms with Crippen LogP contribution in [-0.4, -0.2) is 28.0 Å². The Morgan fingerprint density at radius 3 is 2.79 bits per heavy atom. The summed E-state index contributed by atoms with van der Waals surface area (Å²) in [4.78, 5) is 0. The second-order valence-electron chi connectivity index (χ2n) is 5.45. The second-order valence-corrected chi connectivity index (χ2v) is 6.24. The summed E-state index contributed by atoms with van der Waals surface area (Å²) in [5, 5.41) is 17.4. The lowest BCUT2D eigenvalue weighted by Crippen LogP contribution is -2.27. The van der Waals surface area contributed by atoms with E-state index in [0.29, 0.717) is 18.4 Å². The molecular formula is C14H24BrN3O. The number of halogens is 1. The molecule has 0 spiro atoms. The van der Waals surface area contributed by atoms with E-state index in [1.807, 2.05) is 11.7 Å². The first kappa shape index (κ1) is 15.0. The molecule has 2 N–H and O–H groups in total. The van der Waals surface area contributed by atoms with E-state index in [0.717, 1.165) is 29.7 Å². The molecule has 1 aromatic heterocycles. The standard InChI is InChI=1S/C14H24BrN3O/c1-3-12-14(15)13(18(2)17-12)8-16-7-10-5-4-6-11(10)9-19/h10-11,16,19H,3-9H2,1-2H3. The van der Waals surface area contributed by atoms with Gasteiger partial charge >= 0.3 is 0 Å². The fourth-order valence-electron chi connectivity index (χ4n) is 3.01.